The van der Waals surface area contributed by atoms with Gasteiger partial charge in [-0.2, -0.15) is 0 Å². The van der Waals surface area contributed by atoms with E-state index in [0.29, 0.717) is 6.04 Å². The minimum absolute atomic E-state index is 0.478. The van der Waals surface area contributed by atoms with E-state index in [0.717, 1.165) is 31.1 Å². The van der Waals surface area contributed by atoms with Crippen molar-refractivity contribution in [3.05, 3.63) is 59.7 Å². The normalized spacial score (nSPS) is 10.8. The Labute approximate surface area is 140 Å². The first-order valence-electron chi connectivity index (χ1n) is 8.33. The van der Waals surface area contributed by atoms with E-state index in [1.54, 1.807) is 7.11 Å². The number of nitrogens with zero attached hydrogens (tertiary/aromatic N) is 1. The summed E-state index contributed by atoms with van der Waals surface area (Å²) in [5.74, 6) is 0.936. The van der Waals surface area contributed by atoms with Gasteiger partial charge in [-0.25, -0.2) is 0 Å². The molecule has 3 nitrogen and oxygen atoms in total. The fourth-order valence-electron chi connectivity index (χ4n) is 2.59. The largest absolute Gasteiger partial charge is 0.495 e. The first kappa shape index (κ1) is 17.4. The first-order valence-corrected chi connectivity index (χ1v) is 8.33. The fourth-order valence-corrected chi connectivity index (χ4v) is 2.59. The van der Waals surface area contributed by atoms with Gasteiger partial charge in [-0.3, -0.25) is 0 Å². The molecule has 1 N–H and O–H groups in total. The van der Waals surface area contributed by atoms with E-state index in [9.17, 15) is 0 Å². The maximum absolute atomic E-state index is 5.64. The first-order chi connectivity index (χ1) is 11.1. The van der Waals surface area contributed by atoms with E-state index in [-0.39, 0.29) is 0 Å². The molecule has 0 aliphatic heterocycles. The number of anilines is 1. The minimum atomic E-state index is 0.478. The van der Waals surface area contributed by atoms with Crippen LogP contribution in [0.4, 0.5) is 5.69 Å². The Morgan fingerprint density at radius 2 is 1.78 bits per heavy atom. The lowest BCUT2D eigenvalue weighted by atomic mass is 10.1. The van der Waals surface area contributed by atoms with Crippen LogP contribution in [0.5, 0.6) is 5.75 Å². The van der Waals surface area contributed by atoms with Gasteiger partial charge in [0.15, 0.2) is 0 Å². The zero-order valence-electron chi connectivity index (χ0n) is 14.7. The molecule has 0 atom stereocenters. The van der Waals surface area contributed by atoms with Crippen molar-refractivity contribution in [2.24, 2.45) is 0 Å². The van der Waals surface area contributed by atoms with Crippen LogP contribution < -0.4 is 15.0 Å². The van der Waals surface area contributed by atoms with Crippen LogP contribution in [-0.2, 0) is 13.1 Å². The van der Waals surface area contributed by atoms with Gasteiger partial charge in [0.1, 0.15) is 5.75 Å². The number of hydrogen-bond donors (Lipinski definition) is 1. The van der Waals surface area contributed by atoms with Crippen molar-refractivity contribution in [3.8, 4) is 5.75 Å². The third-order valence-corrected chi connectivity index (χ3v) is 3.90. The molecule has 0 saturated heterocycles. The highest BCUT2D eigenvalue weighted by Crippen LogP contribution is 2.30. The van der Waals surface area contributed by atoms with Crippen LogP contribution in [0.1, 0.15) is 31.9 Å². The van der Waals surface area contributed by atoms with Gasteiger partial charge in [0, 0.05) is 25.7 Å². The van der Waals surface area contributed by atoms with Crippen molar-refractivity contribution < 1.29 is 4.74 Å². The van der Waals surface area contributed by atoms with Crippen LogP contribution >= 0.6 is 0 Å². The second kappa shape index (κ2) is 8.59. The van der Waals surface area contributed by atoms with Crippen LogP contribution in [0, 0.1) is 0 Å². The van der Waals surface area contributed by atoms with E-state index in [1.807, 2.05) is 0 Å². The summed E-state index contributed by atoms with van der Waals surface area (Å²) >= 11 is 0. The van der Waals surface area contributed by atoms with Crippen LogP contribution in [0.15, 0.2) is 48.5 Å². The summed E-state index contributed by atoms with van der Waals surface area (Å²) in [5, 5.41) is 3.45. The Bertz CT molecular complexity index is 596. The molecule has 2 aromatic rings. The molecule has 0 spiro atoms. The quantitative estimate of drug-likeness (QED) is 0.790. The molecule has 23 heavy (non-hydrogen) atoms. The zero-order chi connectivity index (χ0) is 16.7. The topological polar surface area (TPSA) is 24.5 Å². The molecule has 0 unspecified atom stereocenters. The van der Waals surface area contributed by atoms with E-state index < -0.39 is 0 Å². The molecule has 0 aliphatic carbocycles. The maximum atomic E-state index is 5.64. The summed E-state index contributed by atoms with van der Waals surface area (Å²) in [6, 6.07) is 17.5. The molecule has 0 saturated carbocycles. The number of benzene rings is 2. The highest BCUT2D eigenvalue weighted by Gasteiger charge is 2.12. The Kier molecular flexibility index (Phi) is 6.48. The summed E-state index contributed by atoms with van der Waals surface area (Å²) in [4.78, 5) is 2.34. The Hall–Kier alpha value is -2.00. The summed E-state index contributed by atoms with van der Waals surface area (Å²) < 4.78 is 5.64. The Morgan fingerprint density at radius 1 is 1.04 bits per heavy atom. The zero-order valence-corrected chi connectivity index (χ0v) is 14.7. The van der Waals surface area contributed by atoms with Crippen molar-refractivity contribution in [1.82, 2.24) is 5.32 Å². The highest BCUT2D eigenvalue weighted by molar-refractivity contribution is 5.60. The lowest BCUT2D eigenvalue weighted by Gasteiger charge is -2.25. The predicted octanol–water partition coefficient (Wildman–Crippen LogP) is 4.22. The lowest BCUT2D eigenvalue weighted by molar-refractivity contribution is 0.413. The molecule has 2 aromatic carbocycles. The molecule has 3 heteroatoms. The number of hydrogen-bond acceptors (Lipinski definition) is 3. The highest BCUT2D eigenvalue weighted by atomic mass is 16.5. The van der Waals surface area contributed by atoms with Crippen molar-refractivity contribution in [1.29, 1.82) is 0 Å². The van der Waals surface area contributed by atoms with Gasteiger partial charge in [-0.1, -0.05) is 50.2 Å². The van der Waals surface area contributed by atoms with E-state index >= 15 is 0 Å². The van der Waals surface area contributed by atoms with Gasteiger partial charge in [0.05, 0.1) is 12.8 Å². The standard InChI is InChI=1S/C20H28N2O/c1-5-22(15-17-9-7-6-8-10-17)19-12-11-18(13-20(19)23-4)14-21-16(2)3/h6-13,16,21H,5,14-15H2,1-4H3. The maximum Gasteiger partial charge on any atom is 0.142 e. The minimum Gasteiger partial charge on any atom is -0.495 e. The number of ether oxygens (including phenoxy) is 1. The summed E-state index contributed by atoms with van der Waals surface area (Å²) in [7, 11) is 1.74. The molecule has 0 amide bonds. The van der Waals surface area contributed by atoms with Crippen molar-refractivity contribution in [2.45, 2.75) is 39.9 Å². The monoisotopic (exact) mass is 312 g/mol. The Morgan fingerprint density at radius 3 is 2.39 bits per heavy atom. The van der Waals surface area contributed by atoms with Gasteiger partial charge in [0.25, 0.3) is 0 Å². The summed E-state index contributed by atoms with van der Waals surface area (Å²) in [6.45, 7) is 9.18. The second-order valence-electron chi connectivity index (χ2n) is 6.04. The van der Waals surface area contributed by atoms with Crippen LogP contribution in [-0.4, -0.2) is 19.7 Å². The molecule has 2 rings (SSSR count). The molecular weight excluding hydrogens is 284 g/mol. The second-order valence-corrected chi connectivity index (χ2v) is 6.04. The smallest absolute Gasteiger partial charge is 0.142 e. The SMILES string of the molecule is CCN(Cc1ccccc1)c1ccc(CNC(C)C)cc1OC. The lowest BCUT2D eigenvalue weighted by Crippen LogP contribution is -2.23. The third kappa shape index (κ3) is 5.00. The molecule has 0 aromatic heterocycles. The van der Waals surface area contributed by atoms with Crippen molar-refractivity contribution in [3.63, 3.8) is 0 Å². The number of nitrogens with one attached hydrogen (secondary N) is 1. The molecule has 0 aliphatic rings. The van der Waals surface area contributed by atoms with Crippen LogP contribution in [0.3, 0.4) is 0 Å². The average molecular weight is 312 g/mol. The predicted molar refractivity (Wildman–Crippen MR) is 98.1 cm³/mol. The third-order valence-electron chi connectivity index (χ3n) is 3.90. The van der Waals surface area contributed by atoms with Gasteiger partial charge >= 0.3 is 0 Å². The van der Waals surface area contributed by atoms with Gasteiger partial charge in [-0.05, 0) is 30.2 Å². The number of rotatable bonds is 8. The fraction of sp³-hybridized carbons (Fsp3) is 0.400. The van der Waals surface area contributed by atoms with Crippen LogP contribution in [0.25, 0.3) is 0 Å². The Balaban J connectivity index is 2.18. The molecule has 0 bridgehead atoms. The molecular formula is C20H28N2O. The summed E-state index contributed by atoms with van der Waals surface area (Å²) in [5.41, 5.74) is 3.70. The van der Waals surface area contributed by atoms with E-state index in [1.165, 1.54) is 11.1 Å². The van der Waals surface area contributed by atoms with Gasteiger partial charge in [0.2, 0.25) is 0 Å². The van der Waals surface area contributed by atoms with Gasteiger partial charge in [-0.15, -0.1) is 0 Å². The van der Waals surface area contributed by atoms with E-state index in [4.69, 9.17) is 4.74 Å². The van der Waals surface area contributed by atoms with Crippen molar-refractivity contribution >= 4 is 5.69 Å². The van der Waals surface area contributed by atoms with Crippen molar-refractivity contribution in [2.75, 3.05) is 18.6 Å². The molecule has 0 fully saturated rings. The number of methoxy groups -OCH3 is 1. The van der Waals surface area contributed by atoms with Crippen LogP contribution in [0.2, 0.25) is 0 Å². The average Bonchev–Trinajstić information content (AvgIpc) is 2.58. The van der Waals surface area contributed by atoms with E-state index in [2.05, 4.69) is 79.5 Å². The molecule has 124 valence electrons. The molecule has 0 radical (unpaired) electrons. The summed E-state index contributed by atoms with van der Waals surface area (Å²) in [6.07, 6.45) is 0. The molecule has 0 heterocycles. The van der Waals surface area contributed by atoms with Gasteiger partial charge < -0.3 is 15.0 Å².